The molecule has 1 aliphatic heterocycles. The van der Waals surface area contributed by atoms with E-state index in [0.717, 1.165) is 13.1 Å². The molecule has 0 bridgehead atoms. The maximum absolute atomic E-state index is 12.8. The van der Waals surface area contributed by atoms with Gasteiger partial charge < -0.3 is 19.3 Å². The molecule has 0 aliphatic carbocycles. The molecule has 2 atom stereocenters. The van der Waals surface area contributed by atoms with Crippen molar-refractivity contribution in [1.29, 1.82) is 0 Å². The van der Waals surface area contributed by atoms with Crippen molar-refractivity contribution in [2.45, 2.75) is 19.9 Å². The number of nitrogens with zero attached hydrogens (tertiary/aromatic N) is 2. The number of hydrogen-bond acceptors (Lipinski definition) is 4. The summed E-state index contributed by atoms with van der Waals surface area (Å²) in [7, 11) is 5.64. The molecule has 0 N–H and O–H groups in total. The Morgan fingerprint density at radius 2 is 2.09 bits per heavy atom. The molecular weight excluding hydrogens is 316 g/mol. The summed E-state index contributed by atoms with van der Waals surface area (Å²) in [5.41, 5.74) is 0.530. The van der Waals surface area contributed by atoms with Crippen LogP contribution in [0.3, 0.4) is 0 Å². The number of likely N-dealkylation sites (N-methyl/N-ethyl adjacent to an activating group) is 1. The van der Waals surface area contributed by atoms with Gasteiger partial charge in [-0.05, 0) is 39.1 Å². The minimum Gasteiger partial charge on any atom is -0.493 e. The Kier molecular flexibility index (Phi) is 5.76. The Morgan fingerprint density at radius 1 is 1.39 bits per heavy atom. The third-order valence-corrected chi connectivity index (χ3v) is 4.57. The normalized spacial score (nSPS) is 20.9. The van der Waals surface area contributed by atoms with Crippen molar-refractivity contribution in [1.82, 2.24) is 9.80 Å². The van der Waals surface area contributed by atoms with Crippen LogP contribution in [0.4, 0.5) is 0 Å². The van der Waals surface area contributed by atoms with E-state index in [4.69, 9.17) is 21.1 Å². The Morgan fingerprint density at radius 3 is 2.61 bits per heavy atom. The van der Waals surface area contributed by atoms with Gasteiger partial charge in [-0.3, -0.25) is 4.79 Å². The SMILES string of the molecule is CCOc1c(Cl)cc(C(=O)N2C[C@H](C)[C@@H](N(C)C)C2)cc1OC. The second-order valence-electron chi connectivity index (χ2n) is 6.14. The third kappa shape index (κ3) is 3.72. The lowest BCUT2D eigenvalue weighted by molar-refractivity contribution is 0.0781. The van der Waals surface area contributed by atoms with E-state index >= 15 is 0 Å². The first kappa shape index (κ1) is 17.9. The van der Waals surface area contributed by atoms with E-state index in [1.807, 2.05) is 25.9 Å². The molecule has 1 amide bonds. The van der Waals surface area contributed by atoms with Crippen molar-refractivity contribution < 1.29 is 14.3 Å². The zero-order valence-electron chi connectivity index (χ0n) is 14.4. The maximum atomic E-state index is 12.8. The van der Waals surface area contributed by atoms with E-state index in [1.54, 1.807) is 19.2 Å². The molecule has 0 aromatic heterocycles. The molecule has 23 heavy (non-hydrogen) atoms. The zero-order chi connectivity index (χ0) is 17.1. The molecule has 5 nitrogen and oxygen atoms in total. The van der Waals surface area contributed by atoms with Crippen molar-refractivity contribution in [3.8, 4) is 11.5 Å². The fourth-order valence-corrected chi connectivity index (χ4v) is 3.36. The van der Waals surface area contributed by atoms with Gasteiger partial charge in [0.1, 0.15) is 0 Å². The quantitative estimate of drug-likeness (QED) is 0.826. The highest BCUT2D eigenvalue weighted by molar-refractivity contribution is 6.32. The van der Waals surface area contributed by atoms with Crippen molar-refractivity contribution in [2.24, 2.45) is 5.92 Å². The highest BCUT2D eigenvalue weighted by Crippen LogP contribution is 2.37. The number of hydrogen-bond donors (Lipinski definition) is 0. The van der Waals surface area contributed by atoms with Gasteiger partial charge in [0, 0.05) is 24.7 Å². The standard InChI is InChI=1S/C17H25ClN2O3/c1-6-23-16-13(18)7-12(8-15(16)22-5)17(21)20-9-11(2)14(10-20)19(3)4/h7-8,11,14H,6,9-10H2,1-5H3/t11-,14-/m0/s1. The fourth-order valence-electron chi connectivity index (χ4n) is 3.10. The van der Waals surface area contributed by atoms with E-state index in [9.17, 15) is 4.79 Å². The first-order valence-electron chi connectivity index (χ1n) is 7.85. The summed E-state index contributed by atoms with van der Waals surface area (Å²) in [6.07, 6.45) is 0. The van der Waals surface area contributed by atoms with Crippen LogP contribution in [-0.4, -0.2) is 62.7 Å². The van der Waals surface area contributed by atoms with Gasteiger partial charge in [0.05, 0.1) is 18.7 Å². The molecule has 0 radical (unpaired) electrons. The van der Waals surface area contributed by atoms with Crippen LogP contribution in [0.25, 0.3) is 0 Å². The first-order chi connectivity index (χ1) is 10.9. The molecular formula is C17H25ClN2O3. The molecule has 1 saturated heterocycles. The van der Waals surface area contributed by atoms with Gasteiger partial charge in [0.15, 0.2) is 11.5 Å². The molecule has 1 aromatic rings. The van der Waals surface area contributed by atoms with Crippen LogP contribution < -0.4 is 9.47 Å². The smallest absolute Gasteiger partial charge is 0.254 e. The van der Waals surface area contributed by atoms with Crippen LogP contribution in [0, 0.1) is 5.92 Å². The molecule has 2 rings (SSSR count). The number of ether oxygens (including phenoxy) is 2. The summed E-state index contributed by atoms with van der Waals surface area (Å²) < 4.78 is 10.8. The Bertz CT molecular complexity index is 577. The summed E-state index contributed by atoms with van der Waals surface area (Å²) in [4.78, 5) is 16.8. The van der Waals surface area contributed by atoms with E-state index < -0.39 is 0 Å². The highest BCUT2D eigenvalue weighted by Gasteiger charge is 2.34. The number of halogens is 1. The van der Waals surface area contributed by atoms with E-state index in [2.05, 4.69) is 11.8 Å². The summed E-state index contributed by atoms with van der Waals surface area (Å²) in [6.45, 7) is 6.00. The number of likely N-dealkylation sites (tertiary alicyclic amines) is 1. The summed E-state index contributed by atoms with van der Waals surface area (Å²) in [6, 6.07) is 3.73. The Hall–Kier alpha value is -1.46. The number of carbonyl (C=O) groups is 1. The lowest BCUT2D eigenvalue weighted by Gasteiger charge is -2.22. The number of benzene rings is 1. The monoisotopic (exact) mass is 340 g/mol. The summed E-state index contributed by atoms with van der Waals surface area (Å²) in [5, 5.41) is 0.394. The van der Waals surface area contributed by atoms with Crippen molar-refractivity contribution in [2.75, 3.05) is 40.9 Å². The molecule has 1 aliphatic rings. The molecule has 1 heterocycles. The predicted octanol–water partition coefficient (Wildman–Crippen LogP) is 2.77. The average Bonchev–Trinajstić information content (AvgIpc) is 2.90. The van der Waals surface area contributed by atoms with Gasteiger partial charge >= 0.3 is 0 Å². The molecule has 1 aromatic carbocycles. The molecule has 128 valence electrons. The molecule has 1 fully saturated rings. The van der Waals surface area contributed by atoms with Crippen LogP contribution in [0.5, 0.6) is 11.5 Å². The number of rotatable bonds is 5. The minimum absolute atomic E-state index is 0.0237. The number of carbonyl (C=O) groups excluding carboxylic acids is 1. The lowest BCUT2D eigenvalue weighted by atomic mass is 10.1. The van der Waals surface area contributed by atoms with Crippen LogP contribution in [0.15, 0.2) is 12.1 Å². The zero-order valence-corrected chi connectivity index (χ0v) is 15.2. The lowest BCUT2D eigenvalue weighted by Crippen LogP contribution is -2.35. The predicted molar refractivity (Wildman–Crippen MR) is 91.7 cm³/mol. The van der Waals surface area contributed by atoms with Crippen LogP contribution >= 0.6 is 11.6 Å². The first-order valence-corrected chi connectivity index (χ1v) is 8.22. The largest absolute Gasteiger partial charge is 0.493 e. The van der Waals surface area contributed by atoms with Gasteiger partial charge in [0.25, 0.3) is 5.91 Å². The van der Waals surface area contributed by atoms with Crippen LogP contribution in [0.1, 0.15) is 24.2 Å². The fraction of sp³-hybridized carbons (Fsp3) is 0.588. The van der Waals surface area contributed by atoms with Crippen LogP contribution in [-0.2, 0) is 0 Å². The average molecular weight is 341 g/mol. The van der Waals surface area contributed by atoms with Crippen molar-refractivity contribution in [3.63, 3.8) is 0 Å². The molecule has 0 unspecified atom stereocenters. The second-order valence-corrected chi connectivity index (χ2v) is 6.55. The van der Waals surface area contributed by atoms with Gasteiger partial charge in [0.2, 0.25) is 0 Å². The van der Waals surface area contributed by atoms with E-state index in [1.165, 1.54) is 0 Å². The topological polar surface area (TPSA) is 42.0 Å². The maximum Gasteiger partial charge on any atom is 0.254 e. The molecule has 0 spiro atoms. The van der Waals surface area contributed by atoms with Crippen molar-refractivity contribution in [3.05, 3.63) is 22.7 Å². The second kappa shape index (κ2) is 7.41. The third-order valence-electron chi connectivity index (χ3n) is 4.29. The molecule has 0 saturated carbocycles. The highest BCUT2D eigenvalue weighted by atomic mass is 35.5. The van der Waals surface area contributed by atoms with E-state index in [-0.39, 0.29) is 5.91 Å². The number of methoxy groups -OCH3 is 1. The summed E-state index contributed by atoms with van der Waals surface area (Å²) >= 11 is 6.27. The van der Waals surface area contributed by atoms with E-state index in [0.29, 0.717) is 40.7 Å². The molecule has 6 heteroatoms. The van der Waals surface area contributed by atoms with Gasteiger partial charge in [-0.1, -0.05) is 18.5 Å². The Balaban J connectivity index is 2.25. The van der Waals surface area contributed by atoms with Crippen LogP contribution in [0.2, 0.25) is 5.02 Å². The summed E-state index contributed by atoms with van der Waals surface area (Å²) in [5.74, 6) is 1.38. The van der Waals surface area contributed by atoms with Gasteiger partial charge in [-0.25, -0.2) is 0 Å². The number of amides is 1. The minimum atomic E-state index is -0.0237. The van der Waals surface area contributed by atoms with Crippen molar-refractivity contribution >= 4 is 17.5 Å². The van der Waals surface area contributed by atoms with Gasteiger partial charge in [-0.2, -0.15) is 0 Å². The van der Waals surface area contributed by atoms with Gasteiger partial charge in [-0.15, -0.1) is 0 Å². The Labute approximate surface area is 143 Å².